The topological polar surface area (TPSA) is 26.0 Å². The van der Waals surface area contributed by atoms with Crippen LogP contribution in [0, 0.1) is 12.7 Å². The van der Waals surface area contributed by atoms with Gasteiger partial charge >= 0.3 is 0 Å². The van der Waals surface area contributed by atoms with Crippen molar-refractivity contribution < 1.29 is 4.39 Å². The molecule has 4 heteroatoms. The molecular weight excluding hydrogens is 289 g/mol. The number of aryl methyl sites for hydroxylation is 1. The molecule has 0 heterocycles. The number of benzene rings is 2. The van der Waals surface area contributed by atoms with Crippen LogP contribution in [-0.4, -0.2) is 4.99 Å². The third kappa shape index (κ3) is 1.95. The molecule has 0 unspecified atom stereocenters. The lowest BCUT2D eigenvalue weighted by molar-refractivity contribution is 0.623. The van der Waals surface area contributed by atoms with Crippen molar-refractivity contribution in [2.24, 2.45) is 5.73 Å². The van der Waals surface area contributed by atoms with E-state index in [9.17, 15) is 4.39 Å². The lowest BCUT2D eigenvalue weighted by Gasteiger charge is -2.07. The first-order valence-electron chi connectivity index (χ1n) is 4.68. The Kier molecular flexibility index (Phi) is 2.95. The molecule has 0 spiro atoms. The summed E-state index contributed by atoms with van der Waals surface area (Å²) < 4.78 is 13.8. The fourth-order valence-electron chi connectivity index (χ4n) is 1.67. The maximum atomic E-state index is 13.4. The van der Waals surface area contributed by atoms with E-state index < -0.39 is 0 Å². The number of fused-ring (bicyclic) bond motifs is 1. The maximum absolute atomic E-state index is 13.4. The molecule has 0 radical (unpaired) electrons. The van der Waals surface area contributed by atoms with E-state index in [1.807, 2.05) is 19.1 Å². The fraction of sp³-hybridized carbons (Fsp3) is 0.0833. The Hall–Kier alpha value is -1.00. The average Bonchev–Trinajstić information content (AvgIpc) is 2.19. The second-order valence-electron chi connectivity index (χ2n) is 3.64. The average molecular weight is 298 g/mol. The van der Waals surface area contributed by atoms with E-state index in [2.05, 4.69) is 15.9 Å². The minimum absolute atomic E-state index is 0.287. The van der Waals surface area contributed by atoms with Crippen molar-refractivity contribution >= 4 is 43.9 Å². The van der Waals surface area contributed by atoms with Crippen molar-refractivity contribution in [3.05, 3.63) is 45.7 Å². The molecule has 0 aliphatic heterocycles. The van der Waals surface area contributed by atoms with Gasteiger partial charge in [-0.3, -0.25) is 0 Å². The molecule has 82 valence electrons. The van der Waals surface area contributed by atoms with Gasteiger partial charge in [0, 0.05) is 5.56 Å². The van der Waals surface area contributed by atoms with Crippen molar-refractivity contribution in [3.8, 4) is 0 Å². The van der Waals surface area contributed by atoms with E-state index in [0.717, 1.165) is 21.9 Å². The first kappa shape index (κ1) is 11.5. The van der Waals surface area contributed by atoms with E-state index in [1.54, 1.807) is 6.07 Å². The molecule has 2 rings (SSSR count). The van der Waals surface area contributed by atoms with Crippen LogP contribution in [0.4, 0.5) is 4.39 Å². The normalized spacial score (nSPS) is 10.7. The summed E-state index contributed by atoms with van der Waals surface area (Å²) in [4.78, 5) is 0.336. The zero-order valence-electron chi connectivity index (χ0n) is 8.55. The predicted octanol–water partition coefficient (Wildman–Crippen LogP) is 3.68. The Bertz CT molecular complexity index is 595. The third-order valence-electron chi connectivity index (χ3n) is 2.49. The van der Waals surface area contributed by atoms with Gasteiger partial charge in [0.15, 0.2) is 0 Å². The second kappa shape index (κ2) is 4.11. The van der Waals surface area contributed by atoms with Crippen molar-refractivity contribution in [1.29, 1.82) is 0 Å². The number of hydrogen-bond donors (Lipinski definition) is 1. The van der Waals surface area contributed by atoms with Crippen LogP contribution >= 0.6 is 28.1 Å². The lowest BCUT2D eigenvalue weighted by atomic mass is 10.0. The van der Waals surface area contributed by atoms with Gasteiger partial charge in [0.2, 0.25) is 0 Å². The molecule has 2 N–H and O–H groups in total. The van der Waals surface area contributed by atoms with Crippen LogP contribution in [0.15, 0.2) is 28.7 Å². The van der Waals surface area contributed by atoms with Gasteiger partial charge in [-0.2, -0.15) is 0 Å². The van der Waals surface area contributed by atoms with E-state index >= 15 is 0 Å². The molecule has 0 fully saturated rings. The highest BCUT2D eigenvalue weighted by Gasteiger charge is 2.07. The number of hydrogen-bond acceptors (Lipinski definition) is 1. The van der Waals surface area contributed by atoms with Gasteiger partial charge in [0.1, 0.15) is 10.8 Å². The molecule has 0 amide bonds. The number of thiocarbonyl (C=S) groups is 1. The zero-order chi connectivity index (χ0) is 11.9. The van der Waals surface area contributed by atoms with Crippen LogP contribution in [0.25, 0.3) is 10.8 Å². The largest absolute Gasteiger partial charge is 0.389 e. The third-order valence-corrected chi connectivity index (χ3v) is 3.32. The van der Waals surface area contributed by atoms with Crippen LogP contribution in [0.3, 0.4) is 0 Å². The monoisotopic (exact) mass is 297 g/mol. The quantitative estimate of drug-likeness (QED) is 0.813. The summed E-state index contributed by atoms with van der Waals surface area (Å²) in [5.41, 5.74) is 7.40. The van der Waals surface area contributed by atoms with E-state index in [0.29, 0.717) is 9.46 Å². The molecule has 0 aromatic heterocycles. The smallest absolute Gasteiger partial charge is 0.138 e. The Balaban J connectivity index is 2.79. The summed E-state index contributed by atoms with van der Waals surface area (Å²) in [5, 5.41) is 1.76. The number of nitrogens with two attached hydrogens (primary N) is 1. The standard InChI is InChI=1S/C12H9BrFNS/c1-6-2-7-4-10(13)11(14)5-8(7)3-9(6)12(15)16/h2-5H,1H3,(H2,15,16). The summed E-state index contributed by atoms with van der Waals surface area (Å²) in [6.07, 6.45) is 0. The van der Waals surface area contributed by atoms with E-state index in [4.69, 9.17) is 18.0 Å². The summed E-state index contributed by atoms with van der Waals surface area (Å²) >= 11 is 8.11. The van der Waals surface area contributed by atoms with E-state index in [1.165, 1.54) is 6.07 Å². The molecule has 16 heavy (non-hydrogen) atoms. The molecule has 0 bridgehead atoms. The Labute approximate surface area is 107 Å². The predicted molar refractivity (Wildman–Crippen MR) is 72.2 cm³/mol. The Morgan fingerprint density at radius 1 is 1.25 bits per heavy atom. The van der Waals surface area contributed by atoms with Crippen LogP contribution < -0.4 is 5.73 Å². The second-order valence-corrected chi connectivity index (χ2v) is 4.94. The molecule has 1 nitrogen and oxygen atoms in total. The van der Waals surface area contributed by atoms with Crippen molar-refractivity contribution in [2.45, 2.75) is 6.92 Å². The molecular formula is C12H9BrFNS. The SMILES string of the molecule is Cc1cc2cc(Br)c(F)cc2cc1C(N)=S. The molecule has 0 aliphatic carbocycles. The molecule has 0 saturated carbocycles. The molecule has 2 aromatic rings. The molecule has 0 atom stereocenters. The van der Waals surface area contributed by atoms with Crippen molar-refractivity contribution in [3.63, 3.8) is 0 Å². The highest BCUT2D eigenvalue weighted by molar-refractivity contribution is 9.10. The highest BCUT2D eigenvalue weighted by Crippen LogP contribution is 2.26. The van der Waals surface area contributed by atoms with Gasteiger partial charge in [0.05, 0.1) is 4.47 Å². The first-order valence-corrected chi connectivity index (χ1v) is 5.88. The van der Waals surface area contributed by atoms with Gasteiger partial charge in [-0.1, -0.05) is 18.3 Å². The highest BCUT2D eigenvalue weighted by atomic mass is 79.9. The Morgan fingerprint density at radius 3 is 2.50 bits per heavy atom. The van der Waals surface area contributed by atoms with Gasteiger partial charge in [-0.25, -0.2) is 4.39 Å². The Morgan fingerprint density at radius 2 is 1.88 bits per heavy atom. The van der Waals surface area contributed by atoms with Crippen molar-refractivity contribution in [2.75, 3.05) is 0 Å². The summed E-state index contributed by atoms with van der Waals surface area (Å²) in [6.45, 7) is 1.94. The summed E-state index contributed by atoms with van der Waals surface area (Å²) in [5.74, 6) is -0.287. The molecule has 0 aliphatic rings. The minimum Gasteiger partial charge on any atom is -0.389 e. The zero-order valence-corrected chi connectivity index (χ0v) is 11.0. The summed E-state index contributed by atoms with van der Waals surface area (Å²) in [7, 11) is 0. The van der Waals surface area contributed by atoms with Gasteiger partial charge in [-0.05, 0) is 57.4 Å². The minimum atomic E-state index is -0.287. The van der Waals surface area contributed by atoms with Crippen molar-refractivity contribution in [1.82, 2.24) is 0 Å². The summed E-state index contributed by atoms with van der Waals surface area (Å²) in [6, 6.07) is 7.00. The van der Waals surface area contributed by atoms with Gasteiger partial charge in [0.25, 0.3) is 0 Å². The molecule has 2 aromatic carbocycles. The maximum Gasteiger partial charge on any atom is 0.138 e. The van der Waals surface area contributed by atoms with Gasteiger partial charge < -0.3 is 5.73 Å². The first-order chi connectivity index (χ1) is 7.49. The van der Waals surface area contributed by atoms with E-state index in [-0.39, 0.29) is 5.82 Å². The molecule has 0 saturated heterocycles. The fourth-order valence-corrected chi connectivity index (χ4v) is 2.25. The van der Waals surface area contributed by atoms with Crippen LogP contribution in [-0.2, 0) is 0 Å². The lowest BCUT2D eigenvalue weighted by Crippen LogP contribution is -2.11. The van der Waals surface area contributed by atoms with Crippen LogP contribution in [0.1, 0.15) is 11.1 Å². The van der Waals surface area contributed by atoms with Crippen LogP contribution in [0.5, 0.6) is 0 Å². The van der Waals surface area contributed by atoms with Gasteiger partial charge in [-0.15, -0.1) is 0 Å². The number of halogens is 2. The van der Waals surface area contributed by atoms with Crippen LogP contribution in [0.2, 0.25) is 0 Å². The number of rotatable bonds is 1.